The highest BCUT2D eigenvalue weighted by atomic mass is 16.5. The molecule has 0 amide bonds. The number of ether oxygens (including phenoxy) is 2. The molecule has 5 nitrogen and oxygen atoms in total. The van der Waals surface area contributed by atoms with E-state index in [2.05, 4.69) is 0 Å². The highest BCUT2D eigenvalue weighted by molar-refractivity contribution is 5.37. The van der Waals surface area contributed by atoms with Gasteiger partial charge in [0.05, 0.1) is 32.4 Å². The fourth-order valence-electron chi connectivity index (χ4n) is 5.17. The third-order valence-corrected chi connectivity index (χ3v) is 6.87. The summed E-state index contributed by atoms with van der Waals surface area (Å²) < 4.78 is 11.2. The van der Waals surface area contributed by atoms with Crippen molar-refractivity contribution in [1.82, 2.24) is 0 Å². The van der Waals surface area contributed by atoms with Crippen molar-refractivity contribution in [3.05, 3.63) is 71.8 Å². The van der Waals surface area contributed by atoms with E-state index in [1.807, 2.05) is 60.7 Å². The summed E-state index contributed by atoms with van der Waals surface area (Å²) in [6.07, 6.45) is 3.73. The second kappa shape index (κ2) is 10.7. The number of hydrogen-bond donors (Lipinski definition) is 3. The summed E-state index contributed by atoms with van der Waals surface area (Å²) in [6, 6.07) is 20.1. The molecule has 2 aliphatic heterocycles. The maximum Gasteiger partial charge on any atom is 0.126 e. The molecular weight excluding hydrogens is 390 g/mol. The Morgan fingerprint density at radius 3 is 2.13 bits per heavy atom. The highest BCUT2D eigenvalue weighted by Gasteiger charge is 2.42. The molecular formula is C26H36NO4+. The van der Waals surface area contributed by atoms with Crippen LogP contribution in [-0.4, -0.2) is 61.9 Å². The third kappa shape index (κ3) is 5.54. The van der Waals surface area contributed by atoms with Crippen LogP contribution in [0.4, 0.5) is 0 Å². The van der Waals surface area contributed by atoms with E-state index in [-0.39, 0.29) is 12.0 Å². The highest BCUT2D eigenvalue weighted by Crippen LogP contribution is 2.40. The van der Waals surface area contributed by atoms with Gasteiger partial charge in [0, 0.05) is 25.4 Å². The molecule has 0 radical (unpaired) electrons. The number of aliphatic hydroxyl groups is 2. The molecule has 0 aromatic heterocycles. The van der Waals surface area contributed by atoms with Crippen molar-refractivity contribution >= 4 is 0 Å². The van der Waals surface area contributed by atoms with Crippen LogP contribution in [0, 0.1) is 5.92 Å². The van der Waals surface area contributed by atoms with Crippen LogP contribution in [0.5, 0.6) is 0 Å². The van der Waals surface area contributed by atoms with Gasteiger partial charge in [0.15, 0.2) is 0 Å². The first-order chi connectivity index (χ1) is 15.2. The van der Waals surface area contributed by atoms with Crippen LogP contribution in [0.25, 0.3) is 0 Å². The van der Waals surface area contributed by atoms with Gasteiger partial charge in [0.2, 0.25) is 0 Å². The second-order valence-electron chi connectivity index (χ2n) is 9.05. The molecule has 5 heteroatoms. The molecule has 2 aromatic carbocycles. The summed E-state index contributed by atoms with van der Waals surface area (Å²) in [5, 5.41) is 22.4. The Morgan fingerprint density at radius 1 is 0.968 bits per heavy atom. The van der Waals surface area contributed by atoms with Gasteiger partial charge in [0.25, 0.3) is 0 Å². The number of piperidine rings is 1. The molecule has 2 aliphatic rings. The molecule has 0 saturated carbocycles. The maximum atomic E-state index is 12.0. The maximum absolute atomic E-state index is 12.0. The number of nitrogens with one attached hydrogen (secondary N) is 1. The number of likely N-dealkylation sites (tertiary alicyclic amines) is 1. The van der Waals surface area contributed by atoms with E-state index in [1.165, 1.54) is 4.90 Å². The van der Waals surface area contributed by atoms with Crippen LogP contribution >= 0.6 is 0 Å². The fraction of sp³-hybridized carbons (Fsp3) is 0.538. The van der Waals surface area contributed by atoms with Crippen molar-refractivity contribution < 1.29 is 24.6 Å². The lowest BCUT2D eigenvalue weighted by atomic mass is 9.72. The largest absolute Gasteiger partial charge is 0.385 e. The molecule has 0 bridgehead atoms. The zero-order valence-electron chi connectivity index (χ0n) is 18.3. The van der Waals surface area contributed by atoms with E-state index in [9.17, 15) is 10.2 Å². The van der Waals surface area contributed by atoms with Gasteiger partial charge in [-0.25, -0.2) is 0 Å². The SMILES string of the molecule is O[C@H](COC[C@H]1CCCO1)C[NH+]1CCC(C(O)(c2ccccc2)c2ccccc2)CC1. The van der Waals surface area contributed by atoms with E-state index in [4.69, 9.17) is 9.47 Å². The van der Waals surface area contributed by atoms with E-state index >= 15 is 0 Å². The minimum atomic E-state index is -0.989. The summed E-state index contributed by atoms with van der Waals surface area (Å²) >= 11 is 0. The third-order valence-electron chi connectivity index (χ3n) is 6.87. The first-order valence-electron chi connectivity index (χ1n) is 11.7. The van der Waals surface area contributed by atoms with E-state index in [1.54, 1.807) is 0 Å². The van der Waals surface area contributed by atoms with Gasteiger partial charge in [0.1, 0.15) is 18.2 Å². The van der Waals surface area contributed by atoms with Gasteiger partial charge in [-0.05, 0) is 24.0 Å². The fourth-order valence-corrected chi connectivity index (χ4v) is 5.17. The molecule has 31 heavy (non-hydrogen) atoms. The van der Waals surface area contributed by atoms with Crippen LogP contribution in [0.3, 0.4) is 0 Å². The van der Waals surface area contributed by atoms with E-state index < -0.39 is 11.7 Å². The Kier molecular flexibility index (Phi) is 7.75. The lowest BCUT2D eigenvalue weighted by Gasteiger charge is -2.41. The molecule has 4 rings (SSSR count). The second-order valence-corrected chi connectivity index (χ2v) is 9.05. The molecule has 3 N–H and O–H groups in total. The van der Waals surface area contributed by atoms with Crippen molar-refractivity contribution in [3.8, 4) is 0 Å². The Balaban J connectivity index is 1.33. The number of rotatable bonds is 9. The minimum absolute atomic E-state index is 0.147. The summed E-state index contributed by atoms with van der Waals surface area (Å²) in [5.41, 5.74) is 0.922. The van der Waals surface area contributed by atoms with Crippen LogP contribution in [0.15, 0.2) is 60.7 Å². The van der Waals surface area contributed by atoms with Crippen molar-refractivity contribution in [2.45, 2.75) is 43.5 Å². The number of benzene rings is 2. The Hall–Kier alpha value is -1.76. The number of hydrogen-bond acceptors (Lipinski definition) is 4. The number of aliphatic hydroxyl groups excluding tert-OH is 1. The predicted molar refractivity (Wildman–Crippen MR) is 120 cm³/mol. The summed E-state index contributed by atoms with van der Waals surface area (Å²) in [7, 11) is 0. The number of quaternary nitrogens is 1. The van der Waals surface area contributed by atoms with Gasteiger partial charge in [-0.3, -0.25) is 0 Å². The monoisotopic (exact) mass is 426 g/mol. The van der Waals surface area contributed by atoms with Crippen LogP contribution < -0.4 is 4.90 Å². The Labute approximate surface area is 185 Å². The first kappa shape index (κ1) is 22.4. The smallest absolute Gasteiger partial charge is 0.126 e. The van der Waals surface area contributed by atoms with E-state index in [0.717, 1.165) is 56.5 Å². The molecule has 2 heterocycles. The van der Waals surface area contributed by atoms with Crippen molar-refractivity contribution in [1.29, 1.82) is 0 Å². The quantitative estimate of drug-likeness (QED) is 0.572. The van der Waals surface area contributed by atoms with Gasteiger partial charge >= 0.3 is 0 Å². The molecule has 2 fully saturated rings. The normalized spacial score (nSPS) is 25.4. The summed E-state index contributed by atoms with van der Waals surface area (Å²) in [6.45, 7) is 4.34. The molecule has 168 valence electrons. The summed E-state index contributed by atoms with van der Waals surface area (Å²) in [5.74, 6) is 0.147. The molecule has 2 saturated heterocycles. The average molecular weight is 427 g/mol. The van der Waals surface area contributed by atoms with Gasteiger partial charge in [-0.1, -0.05) is 60.7 Å². The Bertz CT molecular complexity index is 731. The average Bonchev–Trinajstić information content (AvgIpc) is 3.34. The van der Waals surface area contributed by atoms with Crippen LogP contribution in [0.2, 0.25) is 0 Å². The standard InChI is InChI=1S/C26H35NO4/c28-24(19-30-20-25-12-7-17-31-25)18-27-15-13-23(14-16-27)26(29,21-8-3-1-4-9-21)22-10-5-2-6-11-22/h1-6,8-11,23-25,28-29H,7,12-20H2/p+1/t24-,25+/m0/s1. The lowest BCUT2D eigenvalue weighted by molar-refractivity contribution is -0.909. The minimum Gasteiger partial charge on any atom is -0.385 e. The lowest BCUT2D eigenvalue weighted by Crippen LogP contribution is -3.14. The van der Waals surface area contributed by atoms with Crippen molar-refractivity contribution in [3.63, 3.8) is 0 Å². The summed E-state index contributed by atoms with van der Waals surface area (Å²) in [4.78, 5) is 1.38. The topological polar surface area (TPSA) is 63.4 Å². The van der Waals surface area contributed by atoms with E-state index in [0.29, 0.717) is 19.8 Å². The molecule has 2 atom stereocenters. The zero-order chi connectivity index (χ0) is 21.5. The van der Waals surface area contributed by atoms with Gasteiger partial charge in [-0.2, -0.15) is 0 Å². The van der Waals surface area contributed by atoms with Crippen molar-refractivity contribution in [2.75, 3.05) is 39.5 Å². The van der Waals surface area contributed by atoms with Crippen LogP contribution in [-0.2, 0) is 15.1 Å². The Morgan fingerprint density at radius 2 is 1.58 bits per heavy atom. The van der Waals surface area contributed by atoms with Crippen molar-refractivity contribution in [2.24, 2.45) is 5.92 Å². The predicted octanol–water partition coefficient (Wildman–Crippen LogP) is 1.77. The van der Waals surface area contributed by atoms with Gasteiger partial charge in [-0.15, -0.1) is 0 Å². The molecule has 2 aromatic rings. The zero-order valence-corrected chi connectivity index (χ0v) is 18.3. The molecule has 0 unspecified atom stereocenters. The molecule has 0 aliphatic carbocycles. The van der Waals surface area contributed by atoms with Gasteiger partial charge < -0.3 is 24.6 Å². The van der Waals surface area contributed by atoms with Crippen LogP contribution in [0.1, 0.15) is 36.8 Å². The molecule has 0 spiro atoms. The first-order valence-corrected chi connectivity index (χ1v) is 11.7.